The van der Waals surface area contributed by atoms with E-state index in [0.717, 1.165) is 22.0 Å². The van der Waals surface area contributed by atoms with Crippen LogP contribution in [0.1, 0.15) is 11.1 Å². The first-order chi connectivity index (χ1) is 17.1. The van der Waals surface area contributed by atoms with Crippen LogP contribution in [-0.2, 0) is 27.3 Å². The number of carbonyl (C=O) groups is 2. The van der Waals surface area contributed by atoms with Crippen molar-refractivity contribution in [3.63, 3.8) is 0 Å². The first-order valence-electron chi connectivity index (χ1n) is 12.0. The number of ether oxygens (including phenoxy) is 3. The van der Waals surface area contributed by atoms with Gasteiger partial charge in [0.2, 0.25) is 18.6 Å². The van der Waals surface area contributed by atoms with Crippen LogP contribution in [0.5, 0.6) is 11.5 Å². The topological polar surface area (TPSA) is 92.9 Å². The summed E-state index contributed by atoms with van der Waals surface area (Å²) in [5, 5.41) is 4.23. The van der Waals surface area contributed by atoms with Crippen molar-refractivity contribution in [1.29, 1.82) is 0 Å². The lowest BCUT2D eigenvalue weighted by molar-refractivity contribution is -0.137. The average Bonchev–Trinajstić information content (AvgIpc) is 3.67. The Balaban J connectivity index is 1.04. The summed E-state index contributed by atoms with van der Waals surface area (Å²) in [6, 6.07) is 13.8. The monoisotopic (exact) mass is 471 g/mol. The van der Waals surface area contributed by atoms with E-state index < -0.39 is 17.4 Å². The SMILES string of the molecule is O=C(NCCc1c[nH]c2ccccc12)C1C2C(=O)N(Cc3ccc4c(c3)OCO4)C[C@]23C=C[C@@H]1O3. The Kier molecular flexibility index (Phi) is 4.48. The molecule has 2 unspecified atom stereocenters. The Morgan fingerprint density at radius 3 is 3.00 bits per heavy atom. The van der Waals surface area contributed by atoms with E-state index in [1.807, 2.05) is 54.7 Å². The van der Waals surface area contributed by atoms with Gasteiger partial charge in [-0.05, 0) is 35.7 Å². The average molecular weight is 472 g/mol. The molecule has 5 heterocycles. The van der Waals surface area contributed by atoms with Gasteiger partial charge in [0.1, 0.15) is 5.60 Å². The summed E-state index contributed by atoms with van der Waals surface area (Å²) in [6.07, 6.45) is 6.27. The zero-order chi connectivity index (χ0) is 23.6. The molecule has 2 saturated heterocycles. The number of rotatable bonds is 6. The van der Waals surface area contributed by atoms with Gasteiger partial charge in [-0.25, -0.2) is 0 Å². The molecule has 4 aliphatic heterocycles. The maximum Gasteiger partial charge on any atom is 0.231 e. The van der Waals surface area contributed by atoms with E-state index in [1.165, 1.54) is 0 Å². The molecule has 0 aliphatic carbocycles. The molecule has 2 fully saturated rings. The molecule has 4 aliphatic rings. The van der Waals surface area contributed by atoms with Crippen LogP contribution in [0.25, 0.3) is 10.9 Å². The molecule has 35 heavy (non-hydrogen) atoms. The molecule has 7 rings (SSSR count). The predicted molar refractivity (Wildman–Crippen MR) is 127 cm³/mol. The van der Waals surface area contributed by atoms with Crippen molar-refractivity contribution >= 4 is 22.7 Å². The Morgan fingerprint density at radius 1 is 1.17 bits per heavy atom. The summed E-state index contributed by atoms with van der Waals surface area (Å²) in [7, 11) is 0. The molecule has 0 radical (unpaired) electrons. The number of amides is 2. The third kappa shape index (κ3) is 3.16. The van der Waals surface area contributed by atoms with Crippen LogP contribution in [0.3, 0.4) is 0 Å². The number of para-hydroxylation sites is 1. The highest BCUT2D eigenvalue weighted by atomic mass is 16.7. The number of hydrogen-bond donors (Lipinski definition) is 2. The number of aromatic amines is 1. The number of hydrogen-bond acceptors (Lipinski definition) is 5. The van der Waals surface area contributed by atoms with Gasteiger partial charge >= 0.3 is 0 Å². The standard InChI is InChI=1S/C27H25N3O5/c31-25(28-10-8-17-12-29-19-4-2-1-3-18(17)19)23-21-7-9-27(35-21)14-30(26(32)24(23)27)13-16-5-6-20-22(11-16)34-15-33-20/h1-7,9,11-12,21,23-24,29H,8,10,13-15H2,(H,28,31)/t21-,23?,24?,27+/m0/s1. The third-order valence-corrected chi connectivity index (χ3v) is 7.66. The maximum atomic E-state index is 13.5. The van der Waals surface area contributed by atoms with E-state index in [4.69, 9.17) is 14.2 Å². The lowest BCUT2D eigenvalue weighted by Crippen LogP contribution is -2.44. The van der Waals surface area contributed by atoms with Gasteiger partial charge in [0.05, 0.1) is 24.5 Å². The largest absolute Gasteiger partial charge is 0.454 e. The van der Waals surface area contributed by atoms with Crippen molar-refractivity contribution in [2.45, 2.75) is 24.7 Å². The number of nitrogens with zero attached hydrogens (tertiary/aromatic N) is 1. The molecule has 2 bridgehead atoms. The zero-order valence-electron chi connectivity index (χ0n) is 19.0. The number of fused-ring (bicyclic) bond motifs is 3. The number of aromatic nitrogens is 1. The highest BCUT2D eigenvalue weighted by Crippen LogP contribution is 2.52. The Morgan fingerprint density at radius 2 is 2.06 bits per heavy atom. The predicted octanol–water partition coefficient (Wildman–Crippen LogP) is 2.54. The molecule has 2 amide bonds. The molecule has 4 atom stereocenters. The maximum absolute atomic E-state index is 13.5. The second-order valence-electron chi connectivity index (χ2n) is 9.68. The summed E-state index contributed by atoms with van der Waals surface area (Å²) in [5.74, 6) is 0.232. The number of benzene rings is 2. The Bertz CT molecular complexity index is 1380. The van der Waals surface area contributed by atoms with Gasteiger partial charge in [-0.15, -0.1) is 0 Å². The number of carbonyl (C=O) groups excluding carboxylic acids is 2. The van der Waals surface area contributed by atoms with Crippen LogP contribution >= 0.6 is 0 Å². The molecule has 2 aromatic carbocycles. The van der Waals surface area contributed by atoms with Crippen LogP contribution in [0.4, 0.5) is 0 Å². The van der Waals surface area contributed by atoms with E-state index in [9.17, 15) is 9.59 Å². The van der Waals surface area contributed by atoms with Crippen LogP contribution in [-0.4, -0.2) is 53.3 Å². The molecule has 1 spiro atoms. The van der Waals surface area contributed by atoms with Crippen LogP contribution in [0, 0.1) is 11.8 Å². The van der Waals surface area contributed by atoms with Crippen molar-refractivity contribution in [2.24, 2.45) is 11.8 Å². The molecule has 8 heteroatoms. The fourth-order valence-corrected chi connectivity index (χ4v) is 6.05. The Labute approximate surface area is 201 Å². The number of H-pyrrole nitrogens is 1. The first-order valence-corrected chi connectivity index (χ1v) is 12.0. The zero-order valence-corrected chi connectivity index (χ0v) is 19.0. The van der Waals surface area contributed by atoms with Gasteiger partial charge < -0.3 is 29.4 Å². The van der Waals surface area contributed by atoms with Gasteiger partial charge in [0.15, 0.2) is 11.5 Å². The molecule has 3 aromatic rings. The van der Waals surface area contributed by atoms with Crippen LogP contribution in [0.2, 0.25) is 0 Å². The van der Waals surface area contributed by atoms with Crippen molar-refractivity contribution < 1.29 is 23.8 Å². The van der Waals surface area contributed by atoms with Crippen molar-refractivity contribution in [1.82, 2.24) is 15.2 Å². The molecule has 1 aromatic heterocycles. The normalized spacial score (nSPS) is 27.7. The van der Waals surface area contributed by atoms with E-state index in [0.29, 0.717) is 37.6 Å². The minimum Gasteiger partial charge on any atom is -0.454 e. The second kappa shape index (κ2) is 7.61. The lowest BCUT2D eigenvalue weighted by Gasteiger charge is -2.23. The third-order valence-electron chi connectivity index (χ3n) is 7.66. The number of likely N-dealkylation sites (tertiary alicyclic amines) is 1. The minimum atomic E-state index is -0.725. The lowest BCUT2D eigenvalue weighted by atomic mass is 9.77. The molecule has 8 nitrogen and oxygen atoms in total. The fraction of sp³-hybridized carbons (Fsp3) is 0.333. The highest BCUT2D eigenvalue weighted by molar-refractivity contribution is 5.93. The second-order valence-corrected chi connectivity index (χ2v) is 9.68. The van der Waals surface area contributed by atoms with Crippen molar-refractivity contribution in [2.75, 3.05) is 19.9 Å². The quantitative estimate of drug-likeness (QED) is 0.539. The molecular formula is C27H25N3O5. The van der Waals surface area contributed by atoms with Gasteiger partial charge in [-0.3, -0.25) is 9.59 Å². The van der Waals surface area contributed by atoms with Crippen molar-refractivity contribution in [3.8, 4) is 11.5 Å². The van der Waals surface area contributed by atoms with Crippen LogP contribution in [0.15, 0.2) is 60.8 Å². The molecule has 2 N–H and O–H groups in total. The van der Waals surface area contributed by atoms with E-state index in [2.05, 4.69) is 16.4 Å². The minimum absolute atomic E-state index is 0.0358. The summed E-state index contributed by atoms with van der Waals surface area (Å²) in [6.45, 7) is 1.59. The summed E-state index contributed by atoms with van der Waals surface area (Å²) in [4.78, 5) is 31.8. The summed E-state index contributed by atoms with van der Waals surface area (Å²) in [5.41, 5.74) is 2.48. The molecule has 178 valence electrons. The van der Waals surface area contributed by atoms with Gasteiger partial charge in [0.25, 0.3) is 0 Å². The Hall–Kier alpha value is -3.78. The molecular weight excluding hydrogens is 446 g/mol. The van der Waals surface area contributed by atoms with Gasteiger partial charge in [-0.1, -0.05) is 36.4 Å². The van der Waals surface area contributed by atoms with E-state index >= 15 is 0 Å². The number of nitrogens with one attached hydrogen (secondary N) is 2. The smallest absolute Gasteiger partial charge is 0.231 e. The van der Waals surface area contributed by atoms with E-state index in [-0.39, 0.29) is 24.7 Å². The van der Waals surface area contributed by atoms with Gasteiger partial charge in [-0.2, -0.15) is 0 Å². The molecule has 0 saturated carbocycles. The van der Waals surface area contributed by atoms with E-state index in [1.54, 1.807) is 4.90 Å². The summed E-state index contributed by atoms with van der Waals surface area (Å²) >= 11 is 0. The van der Waals surface area contributed by atoms with Gasteiger partial charge in [0, 0.05) is 30.2 Å². The highest BCUT2D eigenvalue weighted by Gasteiger charge is 2.66. The fourth-order valence-electron chi connectivity index (χ4n) is 6.05. The van der Waals surface area contributed by atoms with Crippen LogP contribution < -0.4 is 14.8 Å². The summed E-state index contributed by atoms with van der Waals surface area (Å²) < 4.78 is 17.1. The van der Waals surface area contributed by atoms with Crippen molar-refractivity contribution in [3.05, 3.63) is 71.9 Å². The first kappa shape index (κ1) is 20.6.